The van der Waals surface area contributed by atoms with Gasteiger partial charge in [-0.3, -0.25) is 4.79 Å². The second kappa shape index (κ2) is 5.79. The summed E-state index contributed by atoms with van der Waals surface area (Å²) in [5.41, 5.74) is -0.685. The molecule has 0 bridgehead atoms. The fourth-order valence-corrected chi connectivity index (χ4v) is 2.79. The van der Waals surface area contributed by atoms with Crippen molar-refractivity contribution in [2.24, 2.45) is 0 Å². The lowest BCUT2D eigenvalue weighted by Gasteiger charge is -2.07. The van der Waals surface area contributed by atoms with Crippen LogP contribution in [0.1, 0.15) is 32.6 Å². The van der Waals surface area contributed by atoms with E-state index in [-0.39, 0.29) is 17.8 Å². The molecule has 0 N–H and O–H groups in total. The molecule has 0 unspecified atom stereocenters. The molecule has 0 aliphatic carbocycles. The Morgan fingerprint density at radius 2 is 1.85 bits per heavy atom. The van der Waals surface area contributed by atoms with Crippen LogP contribution in [0.2, 0.25) is 0 Å². The minimum Gasteiger partial charge on any atom is -0.294 e. The number of halogens is 3. The number of carbonyl (C=O) groups is 1. The summed E-state index contributed by atoms with van der Waals surface area (Å²) < 4.78 is 37.8. The van der Waals surface area contributed by atoms with Crippen molar-refractivity contribution in [2.75, 3.05) is 0 Å². The zero-order chi connectivity index (χ0) is 14.8. The predicted molar refractivity (Wildman–Crippen MR) is 73.2 cm³/mol. The van der Waals surface area contributed by atoms with Gasteiger partial charge in [0.05, 0.1) is 5.56 Å². The van der Waals surface area contributed by atoms with Crippen molar-refractivity contribution in [3.63, 3.8) is 0 Å². The normalized spacial score (nSPS) is 11.6. The number of hydrogen-bond donors (Lipinski definition) is 0. The van der Waals surface area contributed by atoms with E-state index in [0.717, 1.165) is 28.3 Å². The molecule has 0 aliphatic heterocycles. The summed E-state index contributed by atoms with van der Waals surface area (Å²) >= 11 is 1.52. The minimum absolute atomic E-state index is 0.103. The van der Waals surface area contributed by atoms with Crippen molar-refractivity contribution >= 4 is 17.1 Å². The van der Waals surface area contributed by atoms with Crippen molar-refractivity contribution in [1.29, 1.82) is 0 Å². The van der Waals surface area contributed by atoms with Crippen molar-refractivity contribution < 1.29 is 18.0 Å². The average Bonchev–Trinajstić information content (AvgIpc) is 2.85. The molecular weight excluding hydrogens is 285 g/mol. The lowest BCUT2D eigenvalue weighted by molar-refractivity contribution is -0.137. The van der Waals surface area contributed by atoms with Crippen molar-refractivity contribution in [2.45, 2.75) is 25.9 Å². The molecular formula is C15H13F3OS. The number of aryl methyl sites for hydroxylation is 1. The van der Waals surface area contributed by atoms with Crippen LogP contribution in [0.25, 0.3) is 0 Å². The van der Waals surface area contributed by atoms with Crippen molar-refractivity contribution in [3.8, 4) is 0 Å². The van der Waals surface area contributed by atoms with Gasteiger partial charge in [-0.15, -0.1) is 11.3 Å². The topological polar surface area (TPSA) is 17.1 Å². The summed E-state index contributed by atoms with van der Waals surface area (Å²) in [5.74, 6) is -0.291. The monoisotopic (exact) mass is 298 g/mol. The van der Waals surface area contributed by atoms with Crippen LogP contribution in [-0.2, 0) is 19.0 Å². The molecule has 0 fully saturated rings. The Morgan fingerprint density at radius 3 is 2.45 bits per heavy atom. The first-order valence-electron chi connectivity index (χ1n) is 6.18. The molecule has 0 aliphatic rings. The minimum atomic E-state index is -4.42. The zero-order valence-corrected chi connectivity index (χ0v) is 11.6. The lowest BCUT2D eigenvalue weighted by Crippen LogP contribution is -2.08. The first kappa shape index (κ1) is 14.8. The van der Waals surface area contributed by atoms with Crippen molar-refractivity contribution in [1.82, 2.24) is 0 Å². The van der Waals surface area contributed by atoms with Gasteiger partial charge in [0.2, 0.25) is 0 Å². The summed E-state index contributed by atoms with van der Waals surface area (Å²) in [6, 6.07) is 8.37. The smallest absolute Gasteiger partial charge is 0.294 e. The van der Waals surface area contributed by atoms with Gasteiger partial charge >= 0.3 is 6.18 Å². The maximum absolute atomic E-state index is 12.6. The molecule has 5 heteroatoms. The highest BCUT2D eigenvalue weighted by atomic mass is 32.1. The third-order valence-electron chi connectivity index (χ3n) is 2.91. The zero-order valence-electron chi connectivity index (χ0n) is 10.8. The average molecular weight is 298 g/mol. The SMILES string of the molecule is CCc1ccc(CC(=O)c2cccc(C(F)(F)F)c2)s1. The van der Waals surface area contributed by atoms with Gasteiger partial charge in [0.15, 0.2) is 5.78 Å². The molecule has 2 aromatic rings. The Hall–Kier alpha value is -1.62. The van der Waals surface area contributed by atoms with Gasteiger partial charge in [-0.1, -0.05) is 19.1 Å². The molecule has 2 rings (SSSR count). The molecule has 0 saturated heterocycles. The molecule has 0 atom stereocenters. The molecule has 1 heterocycles. The number of ketones is 1. The first-order chi connectivity index (χ1) is 9.40. The van der Waals surface area contributed by atoms with E-state index in [1.54, 1.807) is 0 Å². The molecule has 0 radical (unpaired) electrons. The van der Waals surface area contributed by atoms with E-state index in [1.807, 2.05) is 19.1 Å². The van der Waals surface area contributed by atoms with Crippen LogP contribution in [0, 0.1) is 0 Å². The predicted octanol–water partition coefficient (Wildman–Crippen LogP) is 4.75. The van der Waals surface area contributed by atoms with Crippen LogP contribution >= 0.6 is 11.3 Å². The molecule has 20 heavy (non-hydrogen) atoms. The summed E-state index contributed by atoms with van der Waals surface area (Å²) in [5, 5.41) is 0. The quantitative estimate of drug-likeness (QED) is 0.744. The van der Waals surface area contributed by atoms with Gasteiger partial charge in [-0.05, 0) is 30.7 Å². The van der Waals surface area contributed by atoms with Gasteiger partial charge in [0, 0.05) is 21.7 Å². The van der Waals surface area contributed by atoms with Crippen LogP contribution in [-0.4, -0.2) is 5.78 Å². The fourth-order valence-electron chi connectivity index (χ4n) is 1.84. The Balaban J connectivity index is 2.17. The maximum Gasteiger partial charge on any atom is 0.416 e. The van der Waals surface area contributed by atoms with E-state index in [2.05, 4.69) is 0 Å². The number of Topliss-reactive ketones (excluding diaryl/α,β-unsaturated/α-hetero) is 1. The van der Waals surface area contributed by atoms with E-state index >= 15 is 0 Å². The van der Waals surface area contributed by atoms with Crippen LogP contribution < -0.4 is 0 Å². The van der Waals surface area contributed by atoms with E-state index in [1.165, 1.54) is 23.5 Å². The Morgan fingerprint density at radius 1 is 1.15 bits per heavy atom. The van der Waals surface area contributed by atoms with Gasteiger partial charge in [0.25, 0.3) is 0 Å². The number of hydrogen-bond acceptors (Lipinski definition) is 2. The Labute approximate surface area is 119 Å². The number of benzene rings is 1. The number of rotatable bonds is 4. The Bertz CT molecular complexity index is 614. The molecule has 106 valence electrons. The van der Waals surface area contributed by atoms with Crippen LogP contribution in [0.15, 0.2) is 36.4 Å². The van der Waals surface area contributed by atoms with Gasteiger partial charge < -0.3 is 0 Å². The fraction of sp³-hybridized carbons (Fsp3) is 0.267. The van der Waals surface area contributed by atoms with Crippen LogP contribution in [0.3, 0.4) is 0 Å². The van der Waals surface area contributed by atoms with Crippen molar-refractivity contribution in [3.05, 3.63) is 57.3 Å². The third-order valence-corrected chi connectivity index (χ3v) is 4.14. The lowest BCUT2D eigenvalue weighted by atomic mass is 10.0. The van der Waals surface area contributed by atoms with E-state index in [0.29, 0.717) is 0 Å². The molecule has 0 saturated carbocycles. The van der Waals surface area contributed by atoms with E-state index < -0.39 is 11.7 Å². The summed E-state index contributed by atoms with van der Waals surface area (Å²) in [7, 11) is 0. The molecule has 1 aromatic carbocycles. The molecule has 1 nitrogen and oxygen atoms in total. The number of thiophene rings is 1. The van der Waals surface area contributed by atoms with E-state index in [4.69, 9.17) is 0 Å². The second-order valence-electron chi connectivity index (χ2n) is 4.40. The van der Waals surface area contributed by atoms with E-state index in [9.17, 15) is 18.0 Å². The van der Waals surface area contributed by atoms with Gasteiger partial charge in [-0.2, -0.15) is 13.2 Å². The second-order valence-corrected chi connectivity index (χ2v) is 5.65. The van der Waals surface area contributed by atoms with Crippen LogP contribution in [0.4, 0.5) is 13.2 Å². The van der Waals surface area contributed by atoms with Gasteiger partial charge in [0.1, 0.15) is 0 Å². The highest BCUT2D eigenvalue weighted by Gasteiger charge is 2.30. The van der Waals surface area contributed by atoms with Gasteiger partial charge in [-0.25, -0.2) is 0 Å². The largest absolute Gasteiger partial charge is 0.416 e. The Kier molecular flexibility index (Phi) is 4.28. The number of carbonyl (C=O) groups excluding carboxylic acids is 1. The number of alkyl halides is 3. The molecule has 0 spiro atoms. The summed E-state index contributed by atoms with van der Waals surface area (Å²) in [6.07, 6.45) is -3.39. The molecule has 1 aromatic heterocycles. The molecule has 0 amide bonds. The summed E-state index contributed by atoms with van der Waals surface area (Å²) in [6.45, 7) is 2.02. The van der Waals surface area contributed by atoms with Crippen LogP contribution in [0.5, 0.6) is 0 Å². The maximum atomic E-state index is 12.6. The summed E-state index contributed by atoms with van der Waals surface area (Å²) in [4.78, 5) is 14.1. The highest BCUT2D eigenvalue weighted by molar-refractivity contribution is 7.12. The standard InChI is InChI=1S/C15H13F3OS/c1-2-12-6-7-13(20-12)9-14(19)10-4-3-5-11(8-10)15(16,17)18/h3-8H,2,9H2,1H3. The first-order valence-corrected chi connectivity index (χ1v) is 7.00. The third kappa shape index (κ3) is 3.48. The highest BCUT2D eigenvalue weighted by Crippen LogP contribution is 2.30.